The van der Waals surface area contributed by atoms with Crippen LogP contribution in [0.15, 0.2) is 18.5 Å². The molecule has 0 amide bonds. The van der Waals surface area contributed by atoms with Gasteiger partial charge in [-0.3, -0.25) is 9.59 Å². The van der Waals surface area contributed by atoms with E-state index in [-0.39, 0.29) is 24.0 Å². The lowest BCUT2D eigenvalue weighted by atomic mass is 9.80. The van der Waals surface area contributed by atoms with Crippen molar-refractivity contribution in [3.8, 4) is 6.07 Å². The quantitative estimate of drug-likeness (QED) is 0.226. The number of aliphatic hydroxyl groups is 1. The number of rotatable bonds is 13. The molecular formula is C26H38N6O8P+. The first-order chi connectivity index (χ1) is 19.3. The van der Waals surface area contributed by atoms with E-state index in [9.17, 15) is 24.5 Å². The highest BCUT2D eigenvalue weighted by Gasteiger charge is 2.68. The summed E-state index contributed by atoms with van der Waals surface area (Å²) in [5, 5.41) is 28.9. The van der Waals surface area contributed by atoms with Crippen LogP contribution in [0.25, 0.3) is 5.52 Å². The first-order valence-electron chi connectivity index (χ1n) is 13.5. The maximum absolute atomic E-state index is 12.7. The van der Waals surface area contributed by atoms with E-state index in [2.05, 4.69) is 15.2 Å². The number of nitrogens with one attached hydrogen (secondary N) is 1. The van der Waals surface area contributed by atoms with Crippen LogP contribution in [-0.2, 0) is 38.5 Å². The number of carbonyl (C=O) groups excluding carboxylic acids is 2. The summed E-state index contributed by atoms with van der Waals surface area (Å²) >= 11 is 0. The normalized spacial score (nSPS) is 25.3. The SMILES string of the molecule is CCC(CC)COC(=O)[C@H](C)N[P+](=O)OC[C@H]1O[C@@](C#N)(c2ccc3c(N)ncnn23)[C@](C)(O)[C@@H]1OC(=O)C(C)C. The minimum absolute atomic E-state index is 0.110. The molecule has 4 N–H and O–H groups in total. The van der Waals surface area contributed by atoms with Gasteiger partial charge in [0.25, 0.3) is 0 Å². The third kappa shape index (κ3) is 6.50. The zero-order valence-electron chi connectivity index (χ0n) is 24.1. The molecule has 224 valence electrons. The molecule has 3 heterocycles. The molecule has 0 aliphatic carbocycles. The summed E-state index contributed by atoms with van der Waals surface area (Å²) in [6.07, 6.45) is 0.257. The molecule has 1 aliphatic heterocycles. The van der Waals surface area contributed by atoms with E-state index >= 15 is 0 Å². The van der Waals surface area contributed by atoms with E-state index in [4.69, 9.17) is 24.5 Å². The van der Waals surface area contributed by atoms with Gasteiger partial charge in [-0.2, -0.15) is 10.4 Å². The van der Waals surface area contributed by atoms with E-state index in [0.29, 0.717) is 5.52 Å². The first-order valence-corrected chi connectivity index (χ1v) is 14.6. The fourth-order valence-corrected chi connectivity index (χ4v) is 5.30. The Labute approximate surface area is 239 Å². The van der Waals surface area contributed by atoms with Crippen molar-refractivity contribution in [1.29, 1.82) is 5.26 Å². The molecule has 15 heteroatoms. The molecule has 1 unspecified atom stereocenters. The maximum atomic E-state index is 12.7. The highest BCUT2D eigenvalue weighted by Crippen LogP contribution is 2.49. The standard InChI is InChI=1S/C26H38N6O8P/c1-7-17(8-2)11-37-24(34)16(5)31-41(36)38-12-19-21(39-23(33)15(3)4)25(6,35)26(13-27,40-19)20-10-9-18-22(28)29-14-30-32(18)20/h9-10,14-17,19,21,35H,7-8,11-12H2,1-6H3,(H,31,36)(H2,28,29,30)/q+1/t16-,19+,21+,25+,26-/m0/s1. The number of nitrogen functional groups attached to an aromatic ring is 1. The van der Waals surface area contributed by atoms with Crippen LogP contribution in [0.1, 0.15) is 60.1 Å². The third-order valence-corrected chi connectivity index (χ3v) is 8.25. The van der Waals surface area contributed by atoms with Crippen LogP contribution in [-0.4, -0.2) is 68.7 Å². The number of nitriles is 1. The molecule has 2 aromatic rings. The van der Waals surface area contributed by atoms with Gasteiger partial charge in [0.05, 0.1) is 18.2 Å². The molecule has 6 atom stereocenters. The van der Waals surface area contributed by atoms with Gasteiger partial charge in [0.15, 0.2) is 11.9 Å². The molecule has 1 aliphatic rings. The Kier molecular flexibility index (Phi) is 10.4. The molecule has 0 spiro atoms. The first kappa shape index (κ1) is 32.3. The number of hydrogen-bond acceptors (Lipinski definition) is 12. The molecule has 3 rings (SSSR count). The van der Waals surface area contributed by atoms with Crippen LogP contribution in [0.3, 0.4) is 0 Å². The van der Waals surface area contributed by atoms with Crippen molar-refractivity contribution >= 4 is 31.5 Å². The van der Waals surface area contributed by atoms with Crippen molar-refractivity contribution in [3.05, 3.63) is 24.2 Å². The summed E-state index contributed by atoms with van der Waals surface area (Å²) < 4.78 is 36.5. The van der Waals surface area contributed by atoms with Gasteiger partial charge >= 0.3 is 20.1 Å². The summed E-state index contributed by atoms with van der Waals surface area (Å²) in [4.78, 5) is 28.9. The second-order valence-corrected chi connectivity index (χ2v) is 11.5. The number of carbonyl (C=O) groups is 2. The van der Waals surface area contributed by atoms with E-state index in [1.165, 1.54) is 30.8 Å². The molecule has 41 heavy (non-hydrogen) atoms. The Morgan fingerprint density at radius 2 is 1.98 bits per heavy atom. The molecule has 0 bridgehead atoms. The molecule has 0 aromatic carbocycles. The van der Waals surface area contributed by atoms with Gasteiger partial charge in [-0.1, -0.05) is 45.6 Å². The predicted molar refractivity (Wildman–Crippen MR) is 146 cm³/mol. The van der Waals surface area contributed by atoms with Crippen molar-refractivity contribution in [2.24, 2.45) is 11.8 Å². The summed E-state index contributed by atoms with van der Waals surface area (Å²) in [6.45, 7) is 9.81. The Balaban J connectivity index is 1.82. The minimum Gasteiger partial charge on any atom is -0.464 e. The Morgan fingerprint density at radius 3 is 2.59 bits per heavy atom. The lowest BCUT2D eigenvalue weighted by molar-refractivity contribution is -0.168. The molecule has 2 aromatic heterocycles. The smallest absolute Gasteiger partial charge is 0.464 e. The van der Waals surface area contributed by atoms with E-state index < -0.39 is 62.1 Å². The molecule has 0 radical (unpaired) electrons. The Bertz CT molecular complexity index is 1310. The average molecular weight is 594 g/mol. The van der Waals surface area contributed by atoms with Crippen LogP contribution >= 0.6 is 8.18 Å². The number of hydrogen-bond donors (Lipinski definition) is 3. The molecule has 1 saturated heterocycles. The number of anilines is 1. The molecule has 0 saturated carbocycles. The number of esters is 2. The van der Waals surface area contributed by atoms with Crippen LogP contribution < -0.4 is 10.8 Å². The Hall–Kier alpha value is -3.21. The molecule has 14 nitrogen and oxygen atoms in total. The van der Waals surface area contributed by atoms with E-state index in [0.717, 1.165) is 12.8 Å². The summed E-state index contributed by atoms with van der Waals surface area (Å²) in [7, 11) is -2.63. The van der Waals surface area contributed by atoms with Gasteiger partial charge < -0.3 is 25.1 Å². The van der Waals surface area contributed by atoms with Crippen LogP contribution in [0.5, 0.6) is 0 Å². The fraction of sp³-hybridized carbons (Fsp3) is 0.654. The van der Waals surface area contributed by atoms with Gasteiger partial charge in [0.2, 0.25) is 5.60 Å². The monoisotopic (exact) mass is 593 g/mol. The third-order valence-electron chi connectivity index (χ3n) is 7.27. The number of ether oxygens (including phenoxy) is 3. The second-order valence-electron chi connectivity index (χ2n) is 10.5. The zero-order valence-corrected chi connectivity index (χ0v) is 25.0. The lowest BCUT2D eigenvalue weighted by Gasteiger charge is -2.34. The number of fused-ring (bicyclic) bond motifs is 1. The molecular weight excluding hydrogens is 555 g/mol. The molecule has 1 fully saturated rings. The van der Waals surface area contributed by atoms with Gasteiger partial charge in [-0.15, -0.1) is 4.52 Å². The van der Waals surface area contributed by atoms with E-state index in [1.54, 1.807) is 19.9 Å². The van der Waals surface area contributed by atoms with Crippen LogP contribution in [0.2, 0.25) is 0 Å². The Morgan fingerprint density at radius 1 is 1.29 bits per heavy atom. The van der Waals surface area contributed by atoms with Crippen LogP contribution in [0, 0.1) is 23.2 Å². The average Bonchev–Trinajstić information content (AvgIpc) is 3.46. The van der Waals surface area contributed by atoms with Crippen molar-refractivity contribution < 1.29 is 38.0 Å². The predicted octanol–water partition coefficient (Wildman–Crippen LogP) is 2.38. The highest BCUT2D eigenvalue weighted by molar-refractivity contribution is 7.36. The second kappa shape index (κ2) is 13.2. The summed E-state index contributed by atoms with van der Waals surface area (Å²) in [5.41, 5.74) is 2.18. The fourth-order valence-electron chi connectivity index (χ4n) is 4.52. The largest absolute Gasteiger partial charge is 0.613 e. The van der Waals surface area contributed by atoms with Crippen molar-refractivity contribution in [2.75, 3.05) is 18.9 Å². The lowest BCUT2D eigenvalue weighted by Crippen LogP contribution is -2.54. The highest BCUT2D eigenvalue weighted by atomic mass is 31.1. The number of nitrogens with two attached hydrogens (primary N) is 1. The van der Waals surface area contributed by atoms with Crippen LogP contribution in [0.4, 0.5) is 5.82 Å². The number of nitrogens with zero attached hydrogens (tertiary/aromatic N) is 4. The summed E-state index contributed by atoms with van der Waals surface area (Å²) in [6, 6.07) is 4.14. The van der Waals surface area contributed by atoms with Gasteiger partial charge in [-0.25, -0.2) is 9.50 Å². The van der Waals surface area contributed by atoms with Gasteiger partial charge in [-0.05, 0) is 36.5 Å². The van der Waals surface area contributed by atoms with Crippen molar-refractivity contribution in [3.63, 3.8) is 0 Å². The number of aromatic nitrogens is 3. The zero-order chi connectivity index (χ0) is 30.5. The van der Waals surface area contributed by atoms with Crippen molar-refractivity contribution in [1.82, 2.24) is 19.7 Å². The minimum atomic E-state index is -2.63. The van der Waals surface area contributed by atoms with E-state index in [1.807, 2.05) is 19.9 Å². The van der Waals surface area contributed by atoms with Gasteiger partial charge in [0, 0.05) is 0 Å². The summed E-state index contributed by atoms with van der Waals surface area (Å²) in [5.74, 6) is -1.43. The van der Waals surface area contributed by atoms with Crippen molar-refractivity contribution in [2.45, 2.75) is 83.8 Å². The maximum Gasteiger partial charge on any atom is 0.613 e. The van der Waals surface area contributed by atoms with Gasteiger partial charge in [0.1, 0.15) is 42.3 Å². The topological polar surface area (TPSA) is 200 Å².